The summed E-state index contributed by atoms with van der Waals surface area (Å²) in [4.78, 5) is 2.46. The zero-order chi connectivity index (χ0) is 41.8. The molecule has 0 radical (unpaired) electrons. The van der Waals surface area contributed by atoms with E-state index in [1.54, 1.807) is 0 Å². The minimum absolute atomic E-state index is 0.120. The first-order valence-electron chi connectivity index (χ1n) is 22.0. The van der Waals surface area contributed by atoms with Gasteiger partial charge in [-0.05, 0) is 149 Å². The molecule has 1 aromatic heterocycles. The van der Waals surface area contributed by atoms with Crippen LogP contribution in [0.3, 0.4) is 0 Å². The lowest BCUT2D eigenvalue weighted by atomic mass is 9.82. The number of benzene rings is 11. The number of hydrogen-bond acceptors (Lipinski definition) is 1. The van der Waals surface area contributed by atoms with Crippen LogP contribution in [0.4, 0.5) is 17.1 Å². The third-order valence-corrected chi connectivity index (χ3v) is 13.9. The second kappa shape index (κ2) is 13.5. The van der Waals surface area contributed by atoms with Crippen LogP contribution in [0, 0.1) is 0 Å². The van der Waals surface area contributed by atoms with Crippen LogP contribution in [-0.4, -0.2) is 4.57 Å². The van der Waals surface area contributed by atoms with Gasteiger partial charge >= 0.3 is 0 Å². The first-order valence-corrected chi connectivity index (χ1v) is 22.0. The summed E-state index contributed by atoms with van der Waals surface area (Å²) in [7, 11) is 0. The van der Waals surface area contributed by atoms with E-state index in [1.165, 1.54) is 104 Å². The molecule has 11 aromatic carbocycles. The van der Waals surface area contributed by atoms with Gasteiger partial charge in [-0.2, -0.15) is 0 Å². The molecule has 13 rings (SSSR count). The van der Waals surface area contributed by atoms with Gasteiger partial charge in [-0.1, -0.05) is 159 Å². The van der Waals surface area contributed by atoms with Gasteiger partial charge in [0.25, 0.3) is 0 Å². The van der Waals surface area contributed by atoms with Crippen LogP contribution in [0.1, 0.15) is 25.0 Å². The fourth-order valence-corrected chi connectivity index (χ4v) is 10.9. The quantitative estimate of drug-likeness (QED) is 0.157. The molecule has 1 aliphatic carbocycles. The fourth-order valence-electron chi connectivity index (χ4n) is 10.9. The van der Waals surface area contributed by atoms with Crippen LogP contribution in [-0.2, 0) is 5.41 Å². The number of rotatable bonds is 5. The number of fused-ring (bicyclic) bond motifs is 13. The van der Waals surface area contributed by atoms with E-state index in [-0.39, 0.29) is 5.41 Å². The van der Waals surface area contributed by atoms with E-state index in [0.717, 1.165) is 17.1 Å². The Morgan fingerprint density at radius 3 is 1.65 bits per heavy atom. The maximum absolute atomic E-state index is 2.46. The lowest BCUT2D eigenvalue weighted by Crippen LogP contribution is -2.16. The number of para-hydroxylation sites is 2. The zero-order valence-electron chi connectivity index (χ0n) is 35.2. The Kier molecular flexibility index (Phi) is 7.68. The highest BCUT2D eigenvalue weighted by molar-refractivity contribution is 6.26. The van der Waals surface area contributed by atoms with E-state index in [0.29, 0.717) is 0 Å². The minimum Gasteiger partial charge on any atom is -0.310 e. The second-order valence-electron chi connectivity index (χ2n) is 17.7. The lowest BCUT2D eigenvalue weighted by molar-refractivity contribution is 0.660. The molecule has 296 valence electrons. The molecule has 0 saturated carbocycles. The molecule has 0 fully saturated rings. The molecular formula is C61H42N2. The third-order valence-electron chi connectivity index (χ3n) is 13.9. The monoisotopic (exact) mass is 802 g/mol. The molecule has 0 spiro atoms. The van der Waals surface area contributed by atoms with Crippen LogP contribution >= 0.6 is 0 Å². The predicted octanol–water partition coefficient (Wildman–Crippen LogP) is 16.8. The predicted molar refractivity (Wildman–Crippen MR) is 268 cm³/mol. The maximum Gasteiger partial charge on any atom is 0.0541 e. The molecule has 63 heavy (non-hydrogen) atoms. The van der Waals surface area contributed by atoms with E-state index in [9.17, 15) is 0 Å². The number of anilines is 3. The molecule has 0 N–H and O–H groups in total. The van der Waals surface area contributed by atoms with Gasteiger partial charge in [0.2, 0.25) is 0 Å². The average Bonchev–Trinajstić information content (AvgIpc) is 3.79. The van der Waals surface area contributed by atoms with Crippen molar-refractivity contribution in [2.45, 2.75) is 19.3 Å². The van der Waals surface area contributed by atoms with Crippen LogP contribution in [0.2, 0.25) is 0 Å². The van der Waals surface area contributed by atoms with Gasteiger partial charge in [-0.25, -0.2) is 0 Å². The molecule has 1 heterocycles. The minimum atomic E-state index is -0.120. The van der Waals surface area contributed by atoms with Gasteiger partial charge in [0.05, 0.1) is 11.0 Å². The maximum atomic E-state index is 2.46. The van der Waals surface area contributed by atoms with Crippen molar-refractivity contribution in [3.63, 3.8) is 0 Å². The Labute approximate surface area is 366 Å². The Morgan fingerprint density at radius 2 is 0.857 bits per heavy atom. The highest BCUT2D eigenvalue weighted by Crippen LogP contribution is 2.51. The summed E-state index contributed by atoms with van der Waals surface area (Å²) < 4.78 is 2.38. The molecule has 0 aliphatic heterocycles. The van der Waals surface area contributed by atoms with Crippen molar-refractivity contribution in [3.8, 4) is 27.9 Å². The second-order valence-corrected chi connectivity index (χ2v) is 17.7. The van der Waals surface area contributed by atoms with Crippen molar-refractivity contribution >= 4 is 82.0 Å². The molecule has 1 aliphatic rings. The van der Waals surface area contributed by atoms with Crippen molar-refractivity contribution in [1.29, 1.82) is 0 Å². The molecule has 0 amide bonds. The third kappa shape index (κ3) is 5.38. The van der Waals surface area contributed by atoms with Crippen LogP contribution < -0.4 is 4.90 Å². The van der Waals surface area contributed by atoms with Gasteiger partial charge in [0.15, 0.2) is 0 Å². The first kappa shape index (κ1) is 35.8. The Balaban J connectivity index is 0.966. The summed E-state index contributed by atoms with van der Waals surface area (Å²) in [6.07, 6.45) is 0. The summed E-state index contributed by atoms with van der Waals surface area (Å²) in [5.74, 6) is 0. The Morgan fingerprint density at radius 1 is 0.333 bits per heavy atom. The van der Waals surface area contributed by atoms with Gasteiger partial charge in [-0.15, -0.1) is 0 Å². The summed E-state index contributed by atoms with van der Waals surface area (Å²) >= 11 is 0. The van der Waals surface area contributed by atoms with Gasteiger partial charge in [0.1, 0.15) is 0 Å². The SMILES string of the molecule is CC1(C)c2ccccc2-c2ccc(N(c3ccc4cc(-c5ccc6c(c5)c5ccccc5n6-c5ccccc5)ccc4c3)c3ccc4c5ccccc5c5ccccc5c4c3)cc21. The summed E-state index contributed by atoms with van der Waals surface area (Å²) in [6, 6.07) is 81.0. The van der Waals surface area contributed by atoms with Crippen molar-refractivity contribution in [1.82, 2.24) is 4.57 Å². The van der Waals surface area contributed by atoms with Crippen LogP contribution in [0.25, 0.3) is 92.8 Å². The van der Waals surface area contributed by atoms with E-state index in [1.807, 2.05) is 0 Å². The largest absolute Gasteiger partial charge is 0.310 e. The molecule has 0 bridgehead atoms. The molecule has 2 heteroatoms. The van der Waals surface area contributed by atoms with Gasteiger partial charge < -0.3 is 9.47 Å². The topological polar surface area (TPSA) is 8.17 Å². The molecule has 2 nitrogen and oxygen atoms in total. The smallest absolute Gasteiger partial charge is 0.0541 e. The highest BCUT2D eigenvalue weighted by atomic mass is 15.1. The van der Waals surface area contributed by atoms with Crippen molar-refractivity contribution < 1.29 is 0 Å². The van der Waals surface area contributed by atoms with Crippen molar-refractivity contribution in [2.75, 3.05) is 4.90 Å². The van der Waals surface area contributed by atoms with Crippen LogP contribution in [0.5, 0.6) is 0 Å². The summed E-state index contributed by atoms with van der Waals surface area (Å²) in [5.41, 5.74) is 14.7. The van der Waals surface area contributed by atoms with Crippen molar-refractivity contribution in [3.05, 3.63) is 230 Å². The average molecular weight is 803 g/mol. The lowest BCUT2D eigenvalue weighted by Gasteiger charge is -2.29. The zero-order valence-corrected chi connectivity index (χ0v) is 35.2. The van der Waals surface area contributed by atoms with E-state index in [2.05, 4.69) is 242 Å². The van der Waals surface area contributed by atoms with Crippen LogP contribution in [0.15, 0.2) is 218 Å². The summed E-state index contributed by atoms with van der Waals surface area (Å²) in [5, 5.41) is 12.6. The van der Waals surface area contributed by atoms with Gasteiger partial charge in [-0.3, -0.25) is 0 Å². The molecule has 0 unspecified atom stereocenters. The summed E-state index contributed by atoms with van der Waals surface area (Å²) in [6.45, 7) is 4.73. The molecule has 0 saturated heterocycles. The first-order chi connectivity index (χ1) is 31.0. The standard InChI is InChI=1S/C61H42N2/c1-61(2)57-22-12-10-20-52(57)53-32-30-46(38-58(53)61)62(45-29-31-51-49-18-7-6-16-47(49)48-17-8-9-19-50(48)55(51)37-45)44-28-26-40-34-39(24-25-41(40)35-44)42-27-33-60-56(36-42)54-21-11-13-23-59(54)63(60)43-14-4-3-5-15-43/h3-38H,1-2H3. The highest BCUT2D eigenvalue weighted by Gasteiger charge is 2.35. The number of hydrogen-bond donors (Lipinski definition) is 0. The molecule has 0 atom stereocenters. The van der Waals surface area contributed by atoms with Gasteiger partial charge in [0, 0.05) is 38.9 Å². The van der Waals surface area contributed by atoms with E-state index >= 15 is 0 Å². The number of aromatic nitrogens is 1. The fraction of sp³-hybridized carbons (Fsp3) is 0.0492. The molecule has 12 aromatic rings. The van der Waals surface area contributed by atoms with Crippen molar-refractivity contribution in [2.24, 2.45) is 0 Å². The molecular weight excluding hydrogens is 761 g/mol. The normalized spacial score (nSPS) is 13.0. The van der Waals surface area contributed by atoms with E-state index in [4.69, 9.17) is 0 Å². The Bertz CT molecular complexity index is 3800. The Hall–Kier alpha value is -7.94. The number of nitrogens with zero attached hydrogens (tertiary/aromatic N) is 2. The van der Waals surface area contributed by atoms with E-state index < -0.39 is 0 Å².